The van der Waals surface area contributed by atoms with Crippen molar-refractivity contribution in [3.05, 3.63) is 48.3 Å². The van der Waals surface area contributed by atoms with Gasteiger partial charge in [0.15, 0.2) is 0 Å². The first kappa shape index (κ1) is 11.9. The summed E-state index contributed by atoms with van der Waals surface area (Å²) in [5.41, 5.74) is 3.22. The minimum Gasteiger partial charge on any atom is -0.384 e. The van der Waals surface area contributed by atoms with Crippen molar-refractivity contribution >= 4 is 17.1 Å². The molecule has 0 atom stereocenters. The van der Waals surface area contributed by atoms with Crippen molar-refractivity contribution in [3.8, 4) is 6.07 Å². The van der Waals surface area contributed by atoms with Crippen molar-refractivity contribution in [1.29, 1.82) is 5.26 Å². The van der Waals surface area contributed by atoms with Gasteiger partial charge in [0, 0.05) is 6.54 Å². The minimum atomic E-state index is 0.617. The third kappa shape index (κ3) is 2.77. The molecule has 0 amide bonds. The van der Waals surface area contributed by atoms with E-state index in [1.807, 2.05) is 31.2 Å². The quantitative estimate of drug-likeness (QED) is 0.859. The Morgan fingerprint density at radius 2 is 2.00 bits per heavy atom. The van der Waals surface area contributed by atoms with Gasteiger partial charge in [-0.05, 0) is 25.1 Å². The summed E-state index contributed by atoms with van der Waals surface area (Å²) in [4.78, 5) is 4.15. The van der Waals surface area contributed by atoms with E-state index in [0.717, 1.165) is 23.6 Å². The van der Waals surface area contributed by atoms with Gasteiger partial charge in [-0.15, -0.1) is 0 Å². The molecule has 2 aromatic rings. The molecule has 0 unspecified atom stereocenters. The summed E-state index contributed by atoms with van der Waals surface area (Å²) in [5, 5.41) is 15.4. The molecule has 4 nitrogen and oxygen atoms in total. The van der Waals surface area contributed by atoms with Gasteiger partial charge in [-0.3, -0.25) is 4.98 Å². The minimum absolute atomic E-state index is 0.617. The smallest absolute Gasteiger partial charge is 0.101 e. The third-order valence-corrected chi connectivity index (χ3v) is 2.45. The highest BCUT2D eigenvalue weighted by atomic mass is 14.9. The number of anilines is 3. The van der Waals surface area contributed by atoms with E-state index in [1.54, 1.807) is 18.5 Å². The zero-order chi connectivity index (χ0) is 12.8. The van der Waals surface area contributed by atoms with Gasteiger partial charge < -0.3 is 10.6 Å². The number of nitrogens with one attached hydrogen (secondary N) is 2. The highest BCUT2D eigenvalue weighted by Gasteiger charge is 2.01. The predicted octanol–water partition coefficient (Wildman–Crippen LogP) is 3.13. The lowest BCUT2D eigenvalue weighted by atomic mass is 10.2. The monoisotopic (exact) mass is 238 g/mol. The molecule has 2 N–H and O–H groups in total. The predicted molar refractivity (Wildman–Crippen MR) is 72.8 cm³/mol. The summed E-state index contributed by atoms with van der Waals surface area (Å²) in [5.74, 6) is 0. The number of rotatable bonds is 4. The number of nitrogens with zero attached hydrogens (tertiary/aromatic N) is 2. The number of nitriles is 1. The van der Waals surface area contributed by atoms with Crippen molar-refractivity contribution in [1.82, 2.24) is 4.98 Å². The van der Waals surface area contributed by atoms with E-state index in [2.05, 4.69) is 21.7 Å². The van der Waals surface area contributed by atoms with Gasteiger partial charge in [0.05, 0.1) is 35.0 Å². The molecule has 90 valence electrons. The largest absolute Gasteiger partial charge is 0.384 e. The van der Waals surface area contributed by atoms with E-state index in [0.29, 0.717) is 5.56 Å². The van der Waals surface area contributed by atoms with Gasteiger partial charge in [0.2, 0.25) is 0 Å². The van der Waals surface area contributed by atoms with Crippen molar-refractivity contribution in [2.75, 3.05) is 17.2 Å². The molecule has 1 heterocycles. The molecular formula is C14H14N4. The van der Waals surface area contributed by atoms with Crippen LogP contribution in [0.1, 0.15) is 12.5 Å². The second kappa shape index (κ2) is 5.69. The normalized spacial score (nSPS) is 9.56. The van der Waals surface area contributed by atoms with Gasteiger partial charge >= 0.3 is 0 Å². The van der Waals surface area contributed by atoms with Gasteiger partial charge in [-0.1, -0.05) is 12.1 Å². The molecule has 0 fully saturated rings. The van der Waals surface area contributed by atoms with Crippen LogP contribution in [-0.2, 0) is 0 Å². The maximum absolute atomic E-state index is 9.02. The molecule has 2 rings (SSSR count). The van der Waals surface area contributed by atoms with E-state index in [4.69, 9.17) is 5.26 Å². The molecule has 0 aliphatic carbocycles. The van der Waals surface area contributed by atoms with E-state index in [9.17, 15) is 0 Å². The lowest BCUT2D eigenvalue weighted by Gasteiger charge is -2.09. The molecule has 0 bridgehead atoms. The highest BCUT2D eigenvalue weighted by Crippen LogP contribution is 2.21. The lowest BCUT2D eigenvalue weighted by Crippen LogP contribution is -1.99. The summed E-state index contributed by atoms with van der Waals surface area (Å²) >= 11 is 0. The van der Waals surface area contributed by atoms with Crippen LogP contribution in [0.4, 0.5) is 17.1 Å². The average molecular weight is 238 g/mol. The number of benzene rings is 1. The van der Waals surface area contributed by atoms with Gasteiger partial charge in [-0.2, -0.15) is 5.26 Å². The fourth-order valence-electron chi connectivity index (χ4n) is 1.65. The fourth-order valence-corrected chi connectivity index (χ4v) is 1.65. The Morgan fingerprint density at radius 1 is 1.22 bits per heavy atom. The van der Waals surface area contributed by atoms with E-state index >= 15 is 0 Å². The molecule has 4 heteroatoms. The maximum atomic E-state index is 9.02. The Morgan fingerprint density at radius 3 is 2.78 bits per heavy atom. The number of pyridine rings is 1. The molecule has 0 radical (unpaired) electrons. The molecule has 18 heavy (non-hydrogen) atoms. The molecule has 1 aromatic carbocycles. The van der Waals surface area contributed by atoms with Crippen LogP contribution in [0.5, 0.6) is 0 Å². The van der Waals surface area contributed by atoms with E-state index in [-0.39, 0.29) is 0 Å². The first-order valence-corrected chi connectivity index (χ1v) is 5.78. The number of aromatic nitrogens is 1. The number of hydrogen-bond donors (Lipinski definition) is 2. The lowest BCUT2D eigenvalue weighted by molar-refractivity contribution is 1.19. The molecule has 1 aromatic heterocycles. The van der Waals surface area contributed by atoms with Crippen LogP contribution in [0.25, 0.3) is 0 Å². The van der Waals surface area contributed by atoms with Crippen LogP contribution < -0.4 is 10.6 Å². The van der Waals surface area contributed by atoms with Crippen LogP contribution in [-0.4, -0.2) is 11.5 Å². The maximum Gasteiger partial charge on any atom is 0.101 e. The summed E-state index contributed by atoms with van der Waals surface area (Å²) in [6, 6.07) is 11.5. The SMILES string of the molecule is CCNc1cncc(Nc2ccccc2C#N)c1. The van der Waals surface area contributed by atoms with E-state index < -0.39 is 0 Å². The van der Waals surface area contributed by atoms with Crippen LogP contribution in [0.2, 0.25) is 0 Å². The Labute approximate surface area is 106 Å². The van der Waals surface area contributed by atoms with Crippen molar-refractivity contribution in [3.63, 3.8) is 0 Å². The second-order valence-electron chi connectivity index (χ2n) is 3.78. The highest BCUT2D eigenvalue weighted by molar-refractivity contribution is 5.68. The van der Waals surface area contributed by atoms with Crippen molar-refractivity contribution in [2.45, 2.75) is 6.92 Å². The number of para-hydroxylation sites is 1. The fraction of sp³-hybridized carbons (Fsp3) is 0.143. The second-order valence-corrected chi connectivity index (χ2v) is 3.78. The van der Waals surface area contributed by atoms with Gasteiger partial charge in [-0.25, -0.2) is 0 Å². The summed E-state index contributed by atoms with van der Waals surface area (Å²) < 4.78 is 0. The van der Waals surface area contributed by atoms with E-state index in [1.165, 1.54) is 0 Å². The van der Waals surface area contributed by atoms with Crippen molar-refractivity contribution in [2.24, 2.45) is 0 Å². The summed E-state index contributed by atoms with van der Waals surface area (Å²) in [6.45, 7) is 2.88. The van der Waals surface area contributed by atoms with Gasteiger partial charge in [0.25, 0.3) is 0 Å². The molecule has 0 aliphatic heterocycles. The van der Waals surface area contributed by atoms with Gasteiger partial charge in [0.1, 0.15) is 6.07 Å². The third-order valence-electron chi connectivity index (χ3n) is 2.45. The molecule has 0 aliphatic rings. The Hall–Kier alpha value is -2.54. The Bertz CT molecular complexity index is 572. The van der Waals surface area contributed by atoms with Crippen LogP contribution in [0.3, 0.4) is 0 Å². The Kier molecular flexibility index (Phi) is 3.77. The topological polar surface area (TPSA) is 60.7 Å². The molecule has 0 saturated carbocycles. The molecular weight excluding hydrogens is 224 g/mol. The average Bonchev–Trinajstić information content (AvgIpc) is 2.40. The first-order chi connectivity index (χ1) is 8.83. The Balaban J connectivity index is 2.23. The van der Waals surface area contributed by atoms with Crippen LogP contribution >= 0.6 is 0 Å². The number of hydrogen-bond acceptors (Lipinski definition) is 4. The zero-order valence-corrected chi connectivity index (χ0v) is 10.1. The van der Waals surface area contributed by atoms with Crippen LogP contribution in [0, 0.1) is 11.3 Å². The summed E-state index contributed by atoms with van der Waals surface area (Å²) in [6.07, 6.45) is 3.50. The zero-order valence-electron chi connectivity index (χ0n) is 10.1. The first-order valence-electron chi connectivity index (χ1n) is 5.78. The molecule has 0 saturated heterocycles. The standard InChI is InChI=1S/C14H14N4/c1-2-17-12-7-13(10-16-9-12)18-14-6-4-3-5-11(14)8-15/h3-7,9-10,17-18H,2H2,1H3. The molecule has 0 spiro atoms. The van der Waals surface area contributed by atoms with Crippen molar-refractivity contribution < 1.29 is 0 Å². The van der Waals surface area contributed by atoms with Crippen LogP contribution in [0.15, 0.2) is 42.7 Å². The summed E-state index contributed by atoms with van der Waals surface area (Å²) in [7, 11) is 0.